The molecular weight excluding hydrogens is 422 g/mol. The third-order valence-corrected chi connectivity index (χ3v) is 4.49. The highest BCUT2D eigenvalue weighted by atomic mass is 35.5. The maximum atomic E-state index is 12.4. The van der Waals surface area contributed by atoms with Crippen molar-refractivity contribution in [3.05, 3.63) is 65.0 Å². The highest BCUT2D eigenvalue weighted by Gasteiger charge is 2.15. The number of aromatic nitrogens is 2. The van der Waals surface area contributed by atoms with Gasteiger partial charge in [-0.05, 0) is 36.4 Å². The number of carbonyl (C=O) groups excluding carboxylic acids is 3. The molecule has 160 valence electrons. The summed E-state index contributed by atoms with van der Waals surface area (Å²) in [4.78, 5) is 39.8. The molecule has 0 aliphatic carbocycles. The molecule has 0 fully saturated rings. The Hall–Kier alpha value is -3.72. The zero-order valence-electron chi connectivity index (χ0n) is 16.4. The number of nitrogens with zero attached hydrogens (tertiary/aromatic N) is 2. The number of nitrogens with one attached hydrogen (secondary N) is 2. The maximum Gasteiger partial charge on any atom is 0.253 e. The van der Waals surface area contributed by atoms with E-state index in [-0.39, 0.29) is 37.3 Å². The second-order valence-electron chi connectivity index (χ2n) is 6.58. The van der Waals surface area contributed by atoms with Gasteiger partial charge in [0.05, 0.1) is 11.3 Å². The number of aryl methyl sites for hydroxylation is 1. The van der Waals surface area contributed by atoms with Gasteiger partial charge in [0.15, 0.2) is 0 Å². The lowest BCUT2D eigenvalue weighted by Gasteiger charge is -2.11. The Morgan fingerprint density at radius 1 is 1.03 bits per heavy atom. The molecule has 3 amide bonds. The Kier molecular flexibility index (Phi) is 7.34. The van der Waals surface area contributed by atoms with E-state index < -0.39 is 11.8 Å². The van der Waals surface area contributed by atoms with Crippen molar-refractivity contribution in [2.24, 2.45) is 5.73 Å². The molecule has 3 rings (SSSR count). The van der Waals surface area contributed by atoms with Crippen LogP contribution >= 0.6 is 11.6 Å². The average Bonchev–Trinajstić information content (AvgIpc) is 3.22. The molecule has 0 radical (unpaired) electrons. The average molecular weight is 442 g/mol. The molecule has 4 N–H and O–H groups in total. The topological polar surface area (TPSA) is 140 Å². The number of halogens is 1. The minimum Gasteiger partial charge on any atom is -0.370 e. The summed E-state index contributed by atoms with van der Waals surface area (Å²) in [5, 5.41) is 9.81. The van der Waals surface area contributed by atoms with Crippen LogP contribution in [0.1, 0.15) is 29.1 Å². The summed E-state index contributed by atoms with van der Waals surface area (Å²) in [5.74, 6) is -0.518. The van der Waals surface area contributed by atoms with Gasteiger partial charge >= 0.3 is 0 Å². The van der Waals surface area contributed by atoms with Crippen LogP contribution in [-0.4, -0.2) is 34.4 Å². The van der Waals surface area contributed by atoms with Gasteiger partial charge in [-0.1, -0.05) is 28.9 Å². The van der Waals surface area contributed by atoms with E-state index >= 15 is 0 Å². The van der Waals surface area contributed by atoms with Gasteiger partial charge in [-0.3, -0.25) is 14.4 Å². The zero-order chi connectivity index (χ0) is 22.2. The lowest BCUT2D eigenvalue weighted by molar-refractivity contribution is -0.118. The number of para-hydroxylation sites is 1. The van der Waals surface area contributed by atoms with Gasteiger partial charge in [-0.25, -0.2) is 0 Å². The molecule has 0 aliphatic heterocycles. The van der Waals surface area contributed by atoms with Gasteiger partial charge < -0.3 is 20.9 Å². The first-order valence-corrected chi connectivity index (χ1v) is 9.84. The van der Waals surface area contributed by atoms with Crippen LogP contribution in [0.4, 0.5) is 5.69 Å². The molecule has 0 spiro atoms. The fraction of sp³-hybridized carbons (Fsp3) is 0.190. The van der Waals surface area contributed by atoms with E-state index in [9.17, 15) is 14.4 Å². The molecule has 0 saturated heterocycles. The molecule has 0 saturated carbocycles. The van der Waals surface area contributed by atoms with Crippen molar-refractivity contribution in [3.63, 3.8) is 0 Å². The van der Waals surface area contributed by atoms with Crippen molar-refractivity contribution < 1.29 is 18.9 Å². The lowest BCUT2D eigenvalue weighted by Crippen LogP contribution is -2.28. The number of rotatable bonds is 9. The molecule has 0 unspecified atom stereocenters. The number of benzene rings is 2. The monoisotopic (exact) mass is 441 g/mol. The van der Waals surface area contributed by atoms with E-state index in [1.54, 1.807) is 48.5 Å². The highest BCUT2D eigenvalue weighted by Crippen LogP contribution is 2.19. The van der Waals surface area contributed by atoms with Crippen LogP contribution in [0.2, 0.25) is 5.02 Å². The molecule has 31 heavy (non-hydrogen) atoms. The van der Waals surface area contributed by atoms with Crippen LogP contribution in [0.25, 0.3) is 11.4 Å². The van der Waals surface area contributed by atoms with Gasteiger partial charge in [-0.2, -0.15) is 4.98 Å². The SMILES string of the molecule is NC(=O)CCNC(=O)c1ccccc1NC(=O)CCc1nc(-c2ccc(Cl)cc2)no1. The quantitative estimate of drug-likeness (QED) is 0.466. The van der Waals surface area contributed by atoms with E-state index in [0.29, 0.717) is 22.4 Å². The molecule has 0 bridgehead atoms. The summed E-state index contributed by atoms with van der Waals surface area (Å²) in [7, 11) is 0. The Labute approximate surface area is 183 Å². The normalized spacial score (nSPS) is 10.5. The van der Waals surface area contributed by atoms with Crippen molar-refractivity contribution in [3.8, 4) is 11.4 Å². The fourth-order valence-corrected chi connectivity index (χ4v) is 2.82. The van der Waals surface area contributed by atoms with Crippen LogP contribution in [0.15, 0.2) is 53.1 Å². The predicted molar refractivity (Wildman–Crippen MR) is 114 cm³/mol. The number of carbonyl (C=O) groups is 3. The summed E-state index contributed by atoms with van der Waals surface area (Å²) in [6, 6.07) is 13.6. The van der Waals surface area contributed by atoms with Gasteiger partial charge in [0.25, 0.3) is 5.91 Å². The Morgan fingerprint density at radius 3 is 2.52 bits per heavy atom. The van der Waals surface area contributed by atoms with Crippen molar-refractivity contribution in [2.75, 3.05) is 11.9 Å². The van der Waals surface area contributed by atoms with E-state index in [2.05, 4.69) is 20.8 Å². The molecule has 9 nitrogen and oxygen atoms in total. The van der Waals surface area contributed by atoms with E-state index in [1.165, 1.54) is 0 Å². The van der Waals surface area contributed by atoms with E-state index in [1.807, 2.05) is 0 Å². The number of hydrogen-bond donors (Lipinski definition) is 3. The van der Waals surface area contributed by atoms with Crippen molar-refractivity contribution in [1.29, 1.82) is 0 Å². The minimum absolute atomic E-state index is 0.0302. The summed E-state index contributed by atoms with van der Waals surface area (Å²) in [5.41, 5.74) is 6.45. The van der Waals surface area contributed by atoms with Crippen LogP contribution in [-0.2, 0) is 16.0 Å². The van der Waals surface area contributed by atoms with E-state index in [0.717, 1.165) is 5.56 Å². The fourth-order valence-electron chi connectivity index (χ4n) is 2.69. The second kappa shape index (κ2) is 10.4. The number of amides is 3. The van der Waals surface area contributed by atoms with Gasteiger partial charge in [-0.15, -0.1) is 0 Å². The van der Waals surface area contributed by atoms with Crippen LogP contribution < -0.4 is 16.4 Å². The lowest BCUT2D eigenvalue weighted by atomic mass is 10.1. The number of nitrogens with two attached hydrogens (primary N) is 1. The summed E-state index contributed by atoms with van der Waals surface area (Å²) in [6.45, 7) is 0.115. The summed E-state index contributed by atoms with van der Waals surface area (Å²) in [6.07, 6.45) is 0.349. The molecule has 2 aromatic carbocycles. The molecule has 0 atom stereocenters. The Morgan fingerprint density at radius 2 is 1.77 bits per heavy atom. The van der Waals surface area contributed by atoms with Gasteiger partial charge in [0.2, 0.25) is 23.5 Å². The first-order valence-electron chi connectivity index (χ1n) is 9.46. The second-order valence-corrected chi connectivity index (χ2v) is 7.02. The Bertz CT molecular complexity index is 1080. The highest BCUT2D eigenvalue weighted by molar-refractivity contribution is 6.30. The molecule has 0 aliphatic rings. The Balaban J connectivity index is 1.56. The molecular formula is C21H20ClN5O4. The van der Waals surface area contributed by atoms with Crippen molar-refractivity contribution in [2.45, 2.75) is 19.3 Å². The number of anilines is 1. The zero-order valence-corrected chi connectivity index (χ0v) is 17.2. The van der Waals surface area contributed by atoms with Gasteiger partial charge in [0.1, 0.15) is 0 Å². The summed E-state index contributed by atoms with van der Waals surface area (Å²) < 4.78 is 5.20. The smallest absolute Gasteiger partial charge is 0.253 e. The molecule has 10 heteroatoms. The first kappa shape index (κ1) is 22.0. The standard InChI is InChI=1S/C21H20ClN5O4/c22-14-7-5-13(6-8-14)20-26-19(31-27-20)10-9-18(29)25-16-4-2-1-3-15(16)21(30)24-12-11-17(23)28/h1-8H,9-12H2,(H2,23,28)(H,24,30)(H,25,29). The summed E-state index contributed by atoms with van der Waals surface area (Å²) >= 11 is 5.87. The number of primary amides is 1. The molecule has 1 aromatic heterocycles. The van der Waals surface area contributed by atoms with Crippen molar-refractivity contribution in [1.82, 2.24) is 15.5 Å². The van der Waals surface area contributed by atoms with Crippen LogP contribution in [0, 0.1) is 0 Å². The molecule has 1 heterocycles. The largest absolute Gasteiger partial charge is 0.370 e. The predicted octanol–water partition coefficient (Wildman–Crippen LogP) is 2.57. The van der Waals surface area contributed by atoms with Gasteiger partial charge in [0, 0.05) is 36.4 Å². The van der Waals surface area contributed by atoms with Crippen LogP contribution in [0.3, 0.4) is 0 Å². The van der Waals surface area contributed by atoms with Crippen LogP contribution in [0.5, 0.6) is 0 Å². The van der Waals surface area contributed by atoms with E-state index in [4.69, 9.17) is 21.9 Å². The molecule has 3 aromatic rings. The third kappa shape index (κ3) is 6.38. The number of hydrogen-bond acceptors (Lipinski definition) is 6. The van der Waals surface area contributed by atoms with Crippen molar-refractivity contribution >= 4 is 35.0 Å². The first-order chi connectivity index (χ1) is 14.9. The third-order valence-electron chi connectivity index (χ3n) is 4.24. The minimum atomic E-state index is -0.512. The maximum absolute atomic E-state index is 12.4.